The first-order valence-electron chi connectivity index (χ1n) is 2.77. The SMILES string of the molecule is [CH2-]CCCCCF.[Na+]. The number of hydrogen-bond acceptors (Lipinski definition) is 0. The first kappa shape index (κ1) is 11.7. The minimum Gasteiger partial charge on any atom is -0.343 e. The van der Waals surface area contributed by atoms with E-state index >= 15 is 0 Å². The third kappa shape index (κ3) is 10.0. The minimum atomic E-state index is -0.167. The van der Waals surface area contributed by atoms with E-state index in [4.69, 9.17) is 0 Å². The molecule has 0 heterocycles. The zero-order chi connectivity index (χ0) is 5.54. The van der Waals surface area contributed by atoms with Gasteiger partial charge in [0.05, 0.1) is 6.67 Å². The van der Waals surface area contributed by atoms with Crippen LogP contribution < -0.4 is 29.6 Å². The molecular weight excluding hydrogens is 114 g/mol. The molecule has 0 atom stereocenters. The molecule has 0 aliphatic rings. The average Bonchev–Trinajstić information content (AvgIpc) is 1.69. The van der Waals surface area contributed by atoms with Crippen LogP contribution in [0, 0.1) is 6.92 Å². The van der Waals surface area contributed by atoms with Gasteiger partial charge in [-0.15, -0.1) is 0 Å². The third-order valence-electron chi connectivity index (χ3n) is 0.884. The predicted molar refractivity (Wildman–Crippen MR) is 29.8 cm³/mol. The monoisotopic (exact) mass is 126 g/mol. The summed E-state index contributed by atoms with van der Waals surface area (Å²) in [4.78, 5) is 0. The molecule has 0 amide bonds. The van der Waals surface area contributed by atoms with Crippen LogP contribution in [0.3, 0.4) is 0 Å². The van der Waals surface area contributed by atoms with E-state index in [-0.39, 0.29) is 36.2 Å². The summed E-state index contributed by atoms with van der Waals surface area (Å²) in [5, 5.41) is 0. The summed E-state index contributed by atoms with van der Waals surface area (Å²) in [6, 6.07) is 0. The van der Waals surface area contributed by atoms with Gasteiger partial charge in [0.25, 0.3) is 0 Å². The van der Waals surface area contributed by atoms with Gasteiger partial charge in [0, 0.05) is 0 Å². The maximum atomic E-state index is 11.3. The van der Waals surface area contributed by atoms with Crippen LogP contribution in [0.25, 0.3) is 0 Å². The van der Waals surface area contributed by atoms with Crippen molar-refractivity contribution in [2.75, 3.05) is 6.67 Å². The molecule has 44 valence electrons. The Morgan fingerprint density at radius 1 is 1.12 bits per heavy atom. The topological polar surface area (TPSA) is 0 Å². The molecule has 0 bridgehead atoms. The van der Waals surface area contributed by atoms with Gasteiger partial charge in [-0.05, 0) is 6.42 Å². The normalized spacial score (nSPS) is 8.25. The molecule has 0 fully saturated rings. The van der Waals surface area contributed by atoms with E-state index in [1.807, 2.05) is 0 Å². The fourth-order valence-corrected chi connectivity index (χ4v) is 0.448. The molecule has 2 heteroatoms. The third-order valence-corrected chi connectivity index (χ3v) is 0.884. The molecule has 0 spiro atoms. The van der Waals surface area contributed by atoms with Crippen molar-refractivity contribution in [1.82, 2.24) is 0 Å². The van der Waals surface area contributed by atoms with Crippen molar-refractivity contribution in [3.8, 4) is 0 Å². The van der Waals surface area contributed by atoms with Gasteiger partial charge in [-0.25, -0.2) is 0 Å². The van der Waals surface area contributed by atoms with Gasteiger partial charge in [0.2, 0.25) is 0 Å². The second-order valence-electron chi connectivity index (χ2n) is 1.60. The van der Waals surface area contributed by atoms with Crippen LogP contribution in [-0.4, -0.2) is 6.67 Å². The molecule has 0 aromatic rings. The smallest absolute Gasteiger partial charge is 0.343 e. The van der Waals surface area contributed by atoms with Crippen molar-refractivity contribution in [2.45, 2.75) is 25.7 Å². The zero-order valence-electron chi connectivity index (χ0n) is 5.62. The van der Waals surface area contributed by atoms with Crippen molar-refractivity contribution in [1.29, 1.82) is 0 Å². The van der Waals surface area contributed by atoms with Gasteiger partial charge < -0.3 is 6.92 Å². The molecular formula is C6H12FNa. The average molecular weight is 126 g/mol. The van der Waals surface area contributed by atoms with Crippen LogP contribution in [0.2, 0.25) is 0 Å². The molecule has 0 unspecified atom stereocenters. The largest absolute Gasteiger partial charge is 1.00 e. The summed E-state index contributed by atoms with van der Waals surface area (Å²) in [6.07, 6.45) is 3.74. The number of halogens is 1. The molecule has 0 saturated carbocycles. The number of alkyl halides is 1. The summed E-state index contributed by atoms with van der Waals surface area (Å²) in [7, 11) is 0. The van der Waals surface area contributed by atoms with Crippen LogP contribution >= 0.6 is 0 Å². The van der Waals surface area contributed by atoms with Gasteiger partial charge >= 0.3 is 29.6 Å². The van der Waals surface area contributed by atoms with Crippen molar-refractivity contribution in [3.63, 3.8) is 0 Å². The van der Waals surface area contributed by atoms with Crippen LogP contribution in [0.5, 0.6) is 0 Å². The number of hydrogen-bond donors (Lipinski definition) is 0. The Morgan fingerprint density at radius 3 is 2.12 bits per heavy atom. The van der Waals surface area contributed by atoms with E-state index in [1.54, 1.807) is 0 Å². The van der Waals surface area contributed by atoms with Crippen molar-refractivity contribution in [2.24, 2.45) is 0 Å². The molecule has 0 aliphatic carbocycles. The fourth-order valence-electron chi connectivity index (χ4n) is 0.448. The molecule has 0 aliphatic heterocycles. The molecule has 0 aromatic heterocycles. The van der Waals surface area contributed by atoms with Crippen LogP contribution in [0.1, 0.15) is 25.7 Å². The predicted octanol–water partition coefficient (Wildman–Crippen LogP) is -0.646. The van der Waals surface area contributed by atoms with E-state index in [2.05, 4.69) is 6.92 Å². The van der Waals surface area contributed by atoms with Crippen LogP contribution in [0.4, 0.5) is 4.39 Å². The second-order valence-corrected chi connectivity index (χ2v) is 1.60. The first-order valence-corrected chi connectivity index (χ1v) is 2.77. The maximum absolute atomic E-state index is 11.3. The van der Waals surface area contributed by atoms with E-state index in [0.717, 1.165) is 25.7 Å². The fraction of sp³-hybridized carbons (Fsp3) is 0.833. The van der Waals surface area contributed by atoms with Gasteiger partial charge in [-0.3, -0.25) is 4.39 Å². The molecule has 0 saturated heterocycles. The number of rotatable bonds is 4. The summed E-state index contributed by atoms with van der Waals surface area (Å²) >= 11 is 0. The van der Waals surface area contributed by atoms with Crippen LogP contribution in [0.15, 0.2) is 0 Å². The maximum Gasteiger partial charge on any atom is 1.00 e. The van der Waals surface area contributed by atoms with E-state index in [0.29, 0.717) is 0 Å². The first-order chi connectivity index (χ1) is 3.41. The standard InChI is InChI=1S/C6H12F.Na/c1-2-3-4-5-6-7;/h1-6H2;/q-1;+1. The zero-order valence-corrected chi connectivity index (χ0v) is 7.62. The number of unbranched alkanes of at least 4 members (excludes halogenated alkanes) is 3. The molecule has 0 aromatic carbocycles. The molecule has 8 heavy (non-hydrogen) atoms. The Bertz CT molecular complexity index is 27.7. The Balaban J connectivity index is 0. The summed E-state index contributed by atoms with van der Waals surface area (Å²) in [6.45, 7) is 3.47. The Labute approximate surface area is 73.1 Å². The van der Waals surface area contributed by atoms with Crippen molar-refractivity contribution >= 4 is 0 Å². The minimum absolute atomic E-state index is 0. The van der Waals surface area contributed by atoms with Gasteiger partial charge in [-0.2, -0.15) is 6.42 Å². The summed E-state index contributed by atoms with van der Waals surface area (Å²) in [5.41, 5.74) is 0. The van der Waals surface area contributed by atoms with Gasteiger partial charge in [0.15, 0.2) is 0 Å². The molecule has 0 rings (SSSR count). The summed E-state index contributed by atoms with van der Waals surface area (Å²) in [5.74, 6) is 0. The van der Waals surface area contributed by atoms with Crippen molar-refractivity contribution < 1.29 is 33.9 Å². The Morgan fingerprint density at radius 2 is 1.75 bits per heavy atom. The molecule has 0 radical (unpaired) electrons. The Kier molecular flexibility index (Phi) is 15.8. The molecule has 0 N–H and O–H groups in total. The van der Waals surface area contributed by atoms with Gasteiger partial charge in [-0.1, -0.05) is 12.8 Å². The second kappa shape index (κ2) is 10.8. The van der Waals surface area contributed by atoms with E-state index in [9.17, 15) is 4.39 Å². The van der Waals surface area contributed by atoms with Crippen LogP contribution in [-0.2, 0) is 0 Å². The quantitative estimate of drug-likeness (QED) is 0.267. The van der Waals surface area contributed by atoms with Crippen molar-refractivity contribution in [3.05, 3.63) is 6.92 Å². The Hall–Kier alpha value is 0.930. The molecule has 0 nitrogen and oxygen atoms in total. The van der Waals surface area contributed by atoms with E-state index < -0.39 is 0 Å². The van der Waals surface area contributed by atoms with Gasteiger partial charge in [0.1, 0.15) is 0 Å². The summed E-state index contributed by atoms with van der Waals surface area (Å²) < 4.78 is 11.3. The van der Waals surface area contributed by atoms with E-state index in [1.165, 1.54) is 0 Å².